The molecule has 3 aromatic heterocycles. The average Bonchev–Trinajstić information content (AvgIpc) is 3.84. The number of rotatable bonds is 8. The van der Waals surface area contributed by atoms with E-state index in [-0.39, 0.29) is 27.7 Å². The Morgan fingerprint density at radius 3 is 2.31 bits per heavy atom. The van der Waals surface area contributed by atoms with Crippen LogP contribution < -0.4 is 20.0 Å². The van der Waals surface area contributed by atoms with Gasteiger partial charge in [0.05, 0.1) is 70.5 Å². The maximum Gasteiger partial charge on any atom is 0.151 e. The van der Waals surface area contributed by atoms with Crippen molar-refractivity contribution in [3.8, 4) is 22.4 Å². The molecule has 2 saturated heterocycles. The van der Waals surface area contributed by atoms with Crippen molar-refractivity contribution in [2.45, 2.75) is 71.0 Å². The van der Waals surface area contributed by atoms with Crippen molar-refractivity contribution in [1.82, 2.24) is 30.0 Å². The van der Waals surface area contributed by atoms with E-state index in [2.05, 4.69) is 56.4 Å². The first-order valence-electron chi connectivity index (χ1n) is 22.4. The van der Waals surface area contributed by atoms with Crippen molar-refractivity contribution in [2.24, 2.45) is 0 Å². The number of benzene rings is 3. The molecule has 7 heterocycles. The van der Waals surface area contributed by atoms with Crippen LogP contribution in [-0.2, 0) is 24.1 Å². The quantitative estimate of drug-likeness (QED) is 0.118. The van der Waals surface area contributed by atoms with Crippen molar-refractivity contribution in [1.29, 1.82) is 0 Å². The highest BCUT2D eigenvalue weighted by Gasteiger charge is 2.31. The van der Waals surface area contributed by atoms with Crippen LogP contribution in [0, 0.1) is 30.2 Å². The van der Waals surface area contributed by atoms with Crippen LogP contribution in [0.5, 0.6) is 0 Å². The number of morpholine rings is 1. The van der Waals surface area contributed by atoms with Gasteiger partial charge in [-0.05, 0) is 113 Å². The summed E-state index contributed by atoms with van der Waals surface area (Å²) in [5.41, 5.74) is 9.15. The molecule has 0 radical (unpaired) electrons. The fourth-order valence-corrected chi connectivity index (χ4v) is 10.0. The second-order valence-corrected chi connectivity index (χ2v) is 17.8. The molecule has 10 rings (SSSR count). The van der Waals surface area contributed by atoms with E-state index in [0.29, 0.717) is 18.4 Å². The standard InChI is InChI=1S/C27H28ClF2N3O.C22H23ClF2N6/c1-17-21(19-5-3-6-20(15-19)32-11-13-34-14-12-32)16-31-24-7-4-10-33(27(17)24)18(2)25-22(29)8-9-23(30)26(25)28;23-21-16(17(24)3-4-18(21)25)13-30-9-1-2-19-22(30)29-20(11-27-19)14-10-28-31(12-14)15-5-7-26-8-6-15/h3,5-6,8-9,15-16,18H,4,7,10-14H2,1-2H3;3-4,10-12,15,26H,1-2,5-9,13H2. The Morgan fingerprint density at radius 1 is 0.800 bits per heavy atom. The van der Waals surface area contributed by atoms with Crippen LogP contribution >= 0.6 is 23.2 Å². The van der Waals surface area contributed by atoms with Crippen LogP contribution in [0.2, 0.25) is 10.0 Å². The summed E-state index contributed by atoms with van der Waals surface area (Å²) in [6.45, 7) is 10.7. The average molecular weight is 929 g/mol. The molecule has 340 valence electrons. The van der Waals surface area contributed by atoms with E-state index in [0.717, 1.165) is 159 Å². The molecule has 4 aliphatic rings. The fraction of sp³-hybridized carbons (Fsp3) is 0.388. The van der Waals surface area contributed by atoms with Gasteiger partial charge >= 0.3 is 0 Å². The number of nitrogens with zero attached hydrogens (tertiary/aromatic N) is 8. The summed E-state index contributed by atoms with van der Waals surface area (Å²) in [7, 11) is 0. The predicted octanol–water partition coefficient (Wildman–Crippen LogP) is 10.5. The third-order valence-corrected chi connectivity index (χ3v) is 13.8. The molecule has 3 aromatic carbocycles. The van der Waals surface area contributed by atoms with Gasteiger partial charge in [-0.25, -0.2) is 22.5 Å². The number of nitrogens with one attached hydrogen (secondary N) is 1. The molecule has 2 fully saturated rings. The normalized spacial score (nSPS) is 17.0. The molecule has 6 aromatic rings. The monoisotopic (exact) mass is 927 g/mol. The summed E-state index contributed by atoms with van der Waals surface area (Å²) in [6.07, 6.45) is 13.0. The van der Waals surface area contributed by atoms with Crippen LogP contribution in [0.3, 0.4) is 0 Å². The molecule has 0 bridgehead atoms. The molecule has 10 nitrogen and oxygen atoms in total. The second kappa shape index (κ2) is 19.7. The van der Waals surface area contributed by atoms with Crippen molar-refractivity contribution in [3.05, 3.63) is 135 Å². The first-order chi connectivity index (χ1) is 31.5. The molecule has 1 unspecified atom stereocenters. The highest BCUT2D eigenvalue weighted by atomic mass is 35.5. The van der Waals surface area contributed by atoms with Crippen LogP contribution in [0.25, 0.3) is 22.4 Å². The minimum absolute atomic E-state index is 0.139. The SMILES string of the molecule is Cc1c(-c2cccc(N3CCOCC3)c2)cnc2c1N(C(C)c1c(F)ccc(F)c1Cl)CCC2.Fc1ccc(F)c(CN2CCCc3ncc(-c4cnn(C5CCNCC5)c4)nc32)c1Cl. The van der Waals surface area contributed by atoms with Crippen molar-refractivity contribution in [2.75, 3.05) is 67.2 Å². The number of ether oxygens (including phenoxy) is 1. The fourth-order valence-electron chi connectivity index (χ4n) is 9.51. The zero-order valence-electron chi connectivity index (χ0n) is 36.4. The molecule has 0 amide bonds. The van der Waals surface area contributed by atoms with Crippen molar-refractivity contribution >= 4 is 40.4 Å². The topological polar surface area (TPSA) is 87.5 Å². The Hall–Kier alpha value is -5.28. The van der Waals surface area contributed by atoms with Gasteiger partial charge in [-0.3, -0.25) is 14.6 Å². The molecule has 16 heteroatoms. The predicted molar refractivity (Wildman–Crippen MR) is 248 cm³/mol. The Labute approximate surface area is 386 Å². The van der Waals surface area contributed by atoms with E-state index in [4.69, 9.17) is 37.9 Å². The lowest BCUT2D eigenvalue weighted by molar-refractivity contribution is 0.122. The summed E-state index contributed by atoms with van der Waals surface area (Å²) in [5.74, 6) is -1.55. The lowest BCUT2D eigenvalue weighted by Crippen LogP contribution is -2.36. The van der Waals surface area contributed by atoms with E-state index < -0.39 is 29.3 Å². The number of anilines is 3. The minimum atomic E-state index is -0.625. The highest BCUT2D eigenvalue weighted by Crippen LogP contribution is 2.42. The molecular formula is C49H51Cl2F4N9O. The highest BCUT2D eigenvalue weighted by molar-refractivity contribution is 6.32. The summed E-state index contributed by atoms with van der Waals surface area (Å²) in [5, 5.41) is 7.58. The molecule has 65 heavy (non-hydrogen) atoms. The van der Waals surface area contributed by atoms with Gasteiger partial charge in [0, 0.05) is 73.1 Å². The van der Waals surface area contributed by atoms with E-state index in [9.17, 15) is 17.6 Å². The summed E-state index contributed by atoms with van der Waals surface area (Å²) >= 11 is 12.3. The number of aryl methyl sites for hydroxylation is 2. The van der Waals surface area contributed by atoms with E-state index in [1.807, 2.05) is 35.1 Å². The Kier molecular flexibility index (Phi) is 13.6. The van der Waals surface area contributed by atoms with Crippen LogP contribution in [0.1, 0.15) is 72.8 Å². The van der Waals surface area contributed by atoms with E-state index >= 15 is 0 Å². The summed E-state index contributed by atoms with van der Waals surface area (Å²) < 4.78 is 64.7. The van der Waals surface area contributed by atoms with Gasteiger partial charge in [-0.1, -0.05) is 35.3 Å². The first-order valence-corrected chi connectivity index (χ1v) is 23.1. The van der Waals surface area contributed by atoms with E-state index in [1.165, 1.54) is 0 Å². The summed E-state index contributed by atoms with van der Waals surface area (Å²) in [6, 6.07) is 12.8. The van der Waals surface area contributed by atoms with Gasteiger partial charge in [0.25, 0.3) is 0 Å². The molecular weight excluding hydrogens is 877 g/mol. The van der Waals surface area contributed by atoms with E-state index in [1.54, 1.807) is 6.20 Å². The first kappa shape index (κ1) is 44.9. The number of fused-ring (bicyclic) bond motifs is 2. The molecule has 0 saturated carbocycles. The largest absolute Gasteiger partial charge is 0.378 e. The minimum Gasteiger partial charge on any atom is -0.378 e. The third-order valence-electron chi connectivity index (χ3n) is 13.0. The maximum absolute atomic E-state index is 14.8. The van der Waals surface area contributed by atoms with Crippen LogP contribution in [-0.4, -0.2) is 77.2 Å². The van der Waals surface area contributed by atoms with Gasteiger partial charge in [-0.2, -0.15) is 5.10 Å². The number of hydrogen-bond acceptors (Lipinski definition) is 9. The zero-order valence-corrected chi connectivity index (χ0v) is 38.0. The smallest absolute Gasteiger partial charge is 0.151 e. The zero-order chi connectivity index (χ0) is 45.2. The van der Waals surface area contributed by atoms with Gasteiger partial charge < -0.3 is 24.8 Å². The molecule has 1 N–H and O–H groups in total. The van der Waals surface area contributed by atoms with Crippen molar-refractivity contribution < 1.29 is 22.3 Å². The Morgan fingerprint density at radius 2 is 1.51 bits per heavy atom. The Balaban J connectivity index is 0.000000165. The number of pyridine rings is 1. The van der Waals surface area contributed by atoms with Crippen LogP contribution in [0.4, 0.5) is 34.8 Å². The van der Waals surface area contributed by atoms with Gasteiger partial charge in [0.1, 0.15) is 23.3 Å². The second-order valence-electron chi connectivity index (χ2n) is 17.0. The third kappa shape index (κ3) is 9.41. The maximum atomic E-state index is 14.8. The van der Waals surface area contributed by atoms with Crippen LogP contribution in [0.15, 0.2) is 73.3 Å². The van der Waals surface area contributed by atoms with Gasteiger partial charge in [0.15, 0.2) is 5.82 Å². The Bertz CT molecular complexity index is 2670. The lowest BCUT2D eigenvalue weighted by atomic mass is 9.94. The molecule has 4 aliphatic heterocycles. The molecule has 0 spiro atoms. The number of halogens is 6. The molecule has 1 atom stereocenters. The number of piperidine rings is 1. The number of aromatic nitrogens is 5. The van der Waals surface area contributed by atoms with Crippen molar-refractivity contribution in [3.63, 3.8) is 0 Å². The lowest BCUT2D eigenvalue weighted by Gasteiger charge is -2.38. The summed E-state index contributed by atoms with van der Waals surface area (Å²) in [4.78, 5) is 20.7. The van der Waals surface area contributed by atoms with Gasteiger partial charge in [0.2, 0.25) is 0 Å². The van der Waals surface area contributed by atoms with Gasteiger partial charge in [-0.15, -0.1) is 0 Å². The molecule has 0 aliphatic carbocycles. The number of hydrogen-bond donors (Lipinski definition) is 1.